The van der Waals surface area contributed by atoms with E-state index < -0.39 is 0 Å². The van der Waals surface area contributed by atoms with Crippen molar-refractivity contribution in [3.8, 4) is 0 Å². The van der Waals surface area contributed by atoms with Crippen LogP contribution < -0.4 is 10.6 Å². The Morgan fingerprint density at radius 3 is 2.13 bits per heavy atom. The molecule has 1 aliphatic rings. The van der Waals surface area contributed by atoms with Crippen molar-refractivity contribution < 1.29 is 4.79 Å². The van der Waals surface area contributed by atoms with Gasteiger partial charge in [0, 0.05) is 37.5 Å². The standard InChI is InChI=1S/C25H35N3OS/c1-3-19(2)24(27-15-22-14-23(30)16-26-22)25(29)28(17-20-10-6-4-7-11-20)18-21-12-8-5-9-13-21/h4-13,19,22-24,26-27,30H,3,14-18H2,1-2H3/t19?,22?,23?,24-/m0/s1. The van der Waals surface area contributed by atoms with Crippen LogP contribution in [-0.4, -0.2) is 41.2 Å². The first kappa shape index (κ1) is 22.9. The molecular formula is C25H35N3OS. The molecule has 1 heterocycles. The smallest absolute Gasteiger partial charge is 0.240 e. The zero-order chi connectivity index (χ0) is 21.3. The summed E-state index contributed by atoms with van der Waals surface area (Å²) < 4.78 is 0. The number of carbonyl (C=O) groups is 1. The zero-order valence-corrected chi connectivity index (χ0v) is 19.0. The van der Waals surface area contributed by atoms with E-state index in [1.807, 2.05) is 41.3 Å². The molecule has 162 valence electrons. The van der Waals surface area contributed by atoms with E-state index >= 15 is 0 Å². The topological polar surface area (TPSA) is 44.4 Å². The van der Waals surface area contributed by atoms with E-state index in [1.165, 1.54) is 0 Å². The second-order valence-electron chi connectivity index (χ2n) is 8.43. The summed E-state index contributed by atoms with van der Waals surface area (Å²) >= 11 is 4.57. The summed E-state index contributed by atoms with van der Waals surface area (Å²) in [7, 11) is 0. The molecule has 1 saturated heterocycles. The minimum Gasteiger partial charge on any atom is -0.333 e. The van der Waals surface area contributed by atoms with Gasteiger partial charge in [0.2, 0.25) is 5.91 Å². The molecule has 0 spiro atoms. The second kappa shape index (κ2) is 11.5. The van der Waals surface area contributed by atoms with Gasteiger partial charge in [0.25, 0.3) is 0 Å². The molecule has 4 atom stereocenters. The Bertz CT molecular complexity index is 729. The third-order valence-electron chi connectivity index (χ3n) is 6.01. The predicted octanol–water partition coefficient (Wildman–Crippen LogP) is 3.88. The summed E-state index contributed by atoms with van der Waals surface area (Å²) in [6.07, 6.45) is 2.00. The quantitative estimate of drug-likeness (QED) is 0.506. The Labute approximate surface area is 186 Å². The lowest BCUT2D eigenvalue weighted by molar-refractivity contribution is -0.136. The highest BCUT2D eigenvalue weighted by Crippen LogP contribution is 2.18. The molecule has 2 aromatic rings. The van der Waals surface area contributed by atoms with Gasteiger partial charge in [0.1, 0.15) is 0 Å². The van der Waals surface area contributed by atoms with Gasteiger partial charge in [-0.3, -0.25) is 4.79 Å². The number of hydrogen-bond acceptors (Lipinski definition) is 4. The summed E-state index contributed by atoms with van der Waals surface area (Å²) in [6, 6.07) is 20.7. The molecule has 5 heteroatoms. The maximum Gasteiger partial charge on any atom is 0.240 e. The van der Waals surface area contributed by atoms with E-state index in [0.29, 0.717) is 24.4 Å². The van der Waals surface area contributed by atoms with Gasteiger partial charge in [-0.2, -0.15) is 12.6 Å². The minimum absolute atomic E-state index is 0.178. The fourth-order valence-corrected chi connectivity index (χ4v) is 4.37. The van der Waals surface area contributed by atoms with Crippen LogP contribution in [0.1, 0.15) is 37.8 Å². The maximum absolute atomic E-state index is 13.7. The SMILES string of the molecule is CCC(C)[C@H](NCC1CC(S)CN1)C(=O)N(Cc1ccccc1)Cc1ccccc1. The first-order valence-corrected chi connectivity index (χ1v) is 11.6. The van der Waals surface area contributed by atoms with Crippen molar-refractivity contribution in [1.29, 1.82) is 0 Å². The van der Waals surface area contributed by atoms with E-state index in [0.717, 1.165) is 37.1 Å². The van der Waals surface area contributed by atoms with Gasteiger partial charge in [-0.1, -0.05) is 80.9 Å². The Morgan fingerprint density at radius 1 is 1.10 bits per heavy atom. The fraction of sp³-hybridized carbons (Fsp3) is 0.480. The molecule has 1 fully saturated rings. The fourth-order valence-electron chi connectivity index (χ4n) is 4.01. The first-order valence-electron chi connectivity index (χ1n) is 11.1. The Kier molecular flexibility index (Phi) is 8.79. The highest BCUT2D eigenvalue weighted by atomic mass is 32.1. The summed E-state index contributed by atoms with van der Waals surface area (Å²) in [4.78, 5) is 15.7. The monoisotopic (exact) mass is 425 g/mol. The molecule has 2 aromatic carbocycles. The molecule has 4 nitrogen and oxygen atoms in total. The average Bonchev–Trinajstić information content (AvgIpc) is 3.19. The van der Waals surface area contributed by atoms with E-state index in [-0.39, 0.29) is 17.9 Å². The number of benzene rings is 2. The summed E-state index contributed by atoms with van der Waals surface area (Å²) in [6.45, 7) is 7.28. The van der Waals surface area contributed by atoms with Gasteiger partial charge in [-0.15, -0.1) is 0 Å². The third-order valence-corrected chi connectivity index (χ3v) is 6.40. The predicted molar refractivity (Wildman–Crippen MR) is 128 cm³/mol. The van der Waals surface area contributed by atoms with Crippen LogP contribution in [0.2, 0.25) is 0 Å². The van der Waals surface area contributed by atoms with E-state index in [9.17, 15) is 4.79 Å². The van der Waals surface area contributed by atoms with Crippen molar-refractivity contribution in [2.24, 2.45) is 5.92 Å². The molecule has 30 heavy (non-hydrogen) atoms. The van der Waals surface area contributed by atoms with Crippen molar-refractivity contribution in [2.75, 3.05) is 13.1 Å². The van der Waals surface area contributed by atoms with Gasteiger partial charge in [0.05, 0.1) is 6.04 Å². The van der Waals surface area contributed by atoms with Gasteiger partial charge in [-0.25, -0.2) is 0 Å². The van der Waals surface area contributed by atoms with Gasteiger partial charge in [0.15, 0.2) is 0 Å². The molecule has 0 aromatic heterocycles. The Balaban J connectivity index is 1.75. The molecule has 0 aliphatic carbocycles. The number of rotatable bonds is 10. The number of carbonyl (C=O) groups excluding carboxylic acids is 1. The number of nitrogens with one attached hydrogen (secondary N) is 2. The highest BCUT2D eigenvalue weighted by molar-refractivity contribution is 7.81. The Hall–Kier alpha value is -1.82. The summed E-state index contributed by atoms with van der Waals surface area (Å²) in [5, 5.41) is 7.50. The lowest BCUT2D eigenvalue weighted by Gasteiger charge is -2.32. The molecule has 3 rings (SSSR count). The molecule has 3 unspecified atom stereocenters. The normalized spacial score (nSPS) is 20.6. The van der Waals surface area contributed by atoms with Crippen LogP contribution in [0.25, 0.3) is 0 Å². The number of thiol groups is 1. The lowest BCUT2D eigenvalue weighted by atomic mass is 9.96. The number of amides is 1. The molecule has 0 radical (unpaired) electrons. The van der Waals surface area contributed by atoms with Crippen LogP contribution in [-0.2, 0) is 17.9 Å². The molecule has 1 amide bonds. The van der Waals surface area contributed by atoms with Gasteiger partial charge >= 0.3 is 0 Å². The van der Waals surface area contributed by atoms with Crippen molar-refractivity contribution in [3.05, 3.63) is 71.8 Å². The maximum atomic E-state index is 13.7. The summed E-state index contributed by atoms with van der Waals surface area (Å²) in [5.74, 6) is 0.442. The van der Waals surface area contributed by atoms with Crippen molar-refractivity contribution in [1.82, 2.24) is 15.5 Å². The van der Waals surface area contributed by atoms with Crippen LogP contribution in [0.5, 0.6) is 0 Å². The molecular weight excluding hydrogens is 390 g/mol. The number of hydrogen-bond donors (Lipinski definition) is 3. The van der Waals surface area contributed by atoms with E-state index in [4.69, 9.17) is 0 Å². The minimum atomic E-state index is -0.191. The van der Waals surface area contributed by atoms with Crippen molar-refractivity contribution in [3.63, 3.8) is 0 Å². The van der Waals surface area contributed by atoms with Gasteiger partial charge < -0.3 is 15.5 Å². The Morgan fingerprint density at radius 2 is 1.67 bits per heavy atom. The number of nitrogens with zero attached hydrogens (tertiary/aromatic N) is 1. The van der Waals surface area contributed by atoms with E-state index in [2.05, 4.69) is 61.4 Å². The summed E-state index contributed by atoms with van der Waals surface area (Å²) in [5.41, 5.74) is 2.31. The molecule has 2 N–H and O–H groups in total. The highest BCUT2D eigenvalue weighted by Gasteiger charge is 2.30. The van der Waals surface area contributed by atoms with Gasteiger partial charge in [-0.05, 0) is 23.5 Å². The average molecular weight is 426 g/mol. The van der Waals surface area contributed by atoms with E-state index in [1.54, 1.807) is 0 Å². The van der Waals surface area contributed by atoms with Crippen LogP contribution >= 0.6 is 12.6 Å². The van der Waals surface area contributed by atoms with Crippen LogP contribution in [0, 0.1) is 5.92 Å². The van der Waals surface area contributed by atoms with Crippen molar-refractivity contribution >= 4 is 18.5 Å². The molecule has 0 saturated carbocycles. The third kappa shape index (κ3) is 6.59. The van der Waals surface area contributed by atoms with Crippen LogP contribution in [0.15, 0.2) is 60.7 Å². The van der Waals surface area contributed by atoms with Crippen molar-refractivity contribution in [2.45, 2.75) is 57.1 Å². The second-order valence-corrected chi connectivity index (χ2v) is 9.16. The lowest BCUT2D eigenvalue weighted by Crippen LogP contribution is -2.52. The molecule has 1 aliphatic heterocycles. The largest absolute Gasteiger partial charge is 0.333 e. The van der Waals surface area contributed by atoms with Crippen LogP contribution in [0.4, 0.5) is 0 Å². The first-order chi connectivity index (χ1) is 14.6. The molecule has 0 bridgehead atoms. The van der Waals surface area contributed by atoms with Crippen LogP contribution in [0.3, 0.4) is 0 Å². The zero-order valence-electron chi connectivity index (χ0n) is 18.1.